The van der Waals surface area contributed by atoms with E-state index in [2.05, 4.69) is 39.1 Å². The Hall–Kier alpha value is -2.26. The van der Waals surface area contributed by atoms with Gasteiger partial charge in [-0.1, -0.05) is 54.5 Å². The van der Waals surface area contributed by atoms with Gasteiger partial charge in [0.15, 0.2) is 11.6 Å². The Labute approximate surface area is 233 Å². The lowest BCUT2D eigenvalue weighted by atomic mass is 9.33. The summed E-state index contributed by atoms with van der Waals surface area (Å²) in [6, 6.07) is 2.14. The van der Waals surface area contributed by atoms with Crippen molar-refractivity contribution in [1.82, 2.24) is 5.32 Å². The molecular weight excluding hydrogens is 488 g/mol. The summed E-state index contributed by atoms with van der Waals surface area (Å²) in [6.45, 7) is 16.9. The predicted octanol–water partition coefficient (Wildman–Crippen LogP) is 5.46. The first-order valence-corrected chi connectivity index (χ1v) is 14.9. The summed E-state index contributed by atoms with van der Waals surface area (Å²) >= 11 is 0. The Kier molecular flexibility index (Phi) is 5.91. The molecule has 5 rings (SSSR count). The third kappa shape index (κ3) is 3.20. The van der Waals surface area contributed by atoms with Gasteiger partial charge in [-0.3, -0.25) is 14.4 Å². The van der Waals surface area contributed by atoms with Gasteiger partial charge in [0.25, 0.3) is 0 Å². The van der Waals surface area contributed by atoms with Gasteiger partial charge in [0.05, 0.1) is 5.57 Å². The minimum atomic E-state index is -1.60. The zero-order valence-electron chi connectivity index (χ0n) is 25.1. The molecule has 3 fully saturated rings. The minimum absolute atomic E-state index is 0.00456. The molecule has 0 aromatic carbocycles. The van der Waals surface area contributed by atoms with E-state index in [4.69, 9.17) is 0 Å². The first kappa shape index (κ1) is 28.3. The van der Waals surface area contributed by atoms with Gasteiger partial charge in [-0.15, -0.1) is 0 Å². The smallest absolute Gasteiger partial charge is 0.225 e. The largest absolute Gasteiger partial charge is 0.381 e. The second kappa shape index (κ2) is 8.15. The number of aliphatic hydroxyl groups is 1. The highest BCUT2D eigenvalue weighted by Gasteiger charge is 2.75. The zero-order valence-corrected chi connectivity index (χ0v) is 25.1. The molecule has 8 atom stereocenters. The topological polar surface area (TPSA) is 107 Å². The summed E-state index contributed by atoms with van der Waals surface area (Å²) in [5.74, 6) is -0.766. The van der Waals surface area contributed by atoms with Gasteiger partial charge < -0.3 is 10.4 Å². The SMILES string of the molecule is CCNC(=O)C1(C)CCC2(C)CCC3(C)C4(C)CCC5C(C)(C)C(=O)C(C#N)=CC5(C)C4=CC(=O)C3(O)C2C1. The molecule has 0 aliphatic heterocycles. The van der Waals surface area contributed by atoms with Crippen LogP contribution in [0.25, 0.3) is 0 Å². The van der Waals surface area contributed by atoms with Crippen LogP contribution in [0.3, 0.4) is 0 Å². The first-order valence-electron chi connectivity index (χ1n) is 14.9. The number of hydrogen-bond donors (Lipinski definition) is 2. The molecule has 0 heterocycles. The van der Waals surface area contributed by atoms with Gasteiger partial charge in [0, 0.05) is 34.1 Å². The van der Waals surface area contributed by atoms with Gasteiger partial charge >= 0.3 is 0 Å². The number of carbonyl (C=O) groups excluding carboxylic acids is 3. The second-order valence-corrected chi connectivity index (χ2v) is 15.3. The van der Waals surface area contributed by atoms with Crippen molar-refractivity contribution >= 4 is 17.5 Å². The van der Waals surface area contributed by atoms with E-state index in [0.717, 1.165) is 37.7 Å². The minimum Gasteiger partial charge on any atom is -0.381 e. The van der Waals surface area contributed by atoms with E-state index < -0.39 is 32.7 Å². The predicted molar refractivity (Wildman–Crippen MR) is 149 cm³/mol. The Morgan fingerprint density at radius 1 is 1.03 bits per heavy atom. The van der Waals surface area contributed by atoms with Crippen molar-refractivity contribution in [3.05, 3.63) is 23.3 Å². The van der Waals surface area contributed by atoms with Crippen molar-refractivity contribution in [3.63, 3.8) is 0 Å². The molecule has 3 saturated carbocycles. The summed E-state index contributed by atoms with van der Waals surface area (Å²) in [7, 11) is 0. The molecule has 5 aliphatic rings. The van der Waals surface area contributed by atoms with E-state index >= 15 is 0 Å². The number of fused-ring (bicyclic) bond motifs is 7. The molecular formula is C33H46N2O4. The van der Waals surface area contributed by atoms with E-state index in [-0.39, 0.29) is 40.3 Å². The number of nitriles is 1. The van der Waals surface area contributed by atoms with E-state index in [1.54, 1.807) is 6.08 Å². The molecule has 39 heavy (non-hydrogen) atoms. The molecule has 6 nitrogen and oxygen atoms in total. The summed E-state index contributed by atoms with van der Waals surface area (Å²) in [6.07, 6.45) is 8.69. The van der Waals surface area contributed by atoms with Gasteiger partial charge in [-0.05, 0) is 80.3 Å². The highest BCUT2D eigenvalue weighted by molar-refractivity contribution is 6.05. The number of ketones is 2. The van der Waals surface area contributed by atoms with Crippen molar-refractivity contribution in [3.8, 4) is 6.07 Å². The van der Waals surface area contributed by atoms with E-state index in [1.165, 1.54) is 0 Å². The quantitative estimate of drug-likeness (QED) is 0.489. The molecule has 0 spiro atoms. The fraction of sp³-hybridized carbons (Fsp3) is 0.758. The fourth-order valence-corrected chi connectivity index (χ4v) is 10.3. The Bertz CT molecular complexity index is 1270. The molecule has 6 heteroatoms. The number of nitrogens with zero attached hydrogens (tertiary/aromatic N) is 1. The number of allylic oxidation sites excluding steroid dienone is 3. The van der Waals surface area contributed by atoms with E-state index in [0.29, 0.717) is 19.4 Å². The standard InChI is InChI=1S/C33H46N2O4/c1-9-35-26(38)29(5)13-12-28(4)14-15-32(8)31(7)11-10-21-27(2,3)25(37)20(19-34)17-30(21,6)22(31)16-24(36)33(32,39)23(28)18-29/h16-17,21,23,39H,9-15,18H2,1-8H3,(H,35,38). The van der Waals surface area contributed by atoms with Crippen LogP contribution in [0.1, 0.15) is 100 Å². The monoisotopic (exact) mass is 534 g/mol. The van der Waals surface area contributed by atoms with Crippen LogP contribution in [0.5, 0.6) is 0 Å². The first-order chi connectivity index (χ1) is 17.9. The average Bonchev–Trinajstić information content (AvgIpc) is 2.87. The molecule has 0 radical (unpaired) electrons. The van der Waals surface area contributed by atoms with Crippen molar-refractivity contribution < 1.29 is 19.5 Å². The Morgan fingerprint density at radius 2 is 1.67 bits per heavy atom. The Balaban J connectivity index is 1.69. The maximum absolute atomic E-state index is 14.5. The molecule has 2 N–H and O–H groups in total. The van der Waals surface area contributed by atoms with Crippen LogP contribution >= 0.6 is 0 Å². The molecule has 0 aromatic rings. The van der Waals surface area contributed by atoms with Gasteiger partial charge in [-0.25, -0.2) is 0 Å². The molecule has 0 saturated heterocycles. The second-order valence-electron chi connectivity index (χ2n) is 15.3. The van der Waals surface area contributed by atoms with E-state index in [9.17, 15) is 24.8 Å². The van der Waals surface area contributed by atoms with Gasteiger partial charge in [0.1, 0.15) is 11.7 Å². The third-order valence-corrected chi connectivity index (χ3v) is 13.1. The number of amides is 1. The van der Waals surface area contributed by atoms with Crippen LogP contribution in [0.2, 0.25) is 0 Å². The molecule has 1 amide bonds. The van der Waals surface area contributed by atoms with Crippen LogP contribution in [0.15, 0.2) is 23.3 Å². The van der Waals surface area contributed by atoms with Crippen LogP contribution in [-0.2, 0) is 14.4 Å². The molecule has 0 aromatic heterocycles. The van der Waals surface area contributed by atoms with Crippen LogP contribution in [0, 0.1) is 55.7 Å². The Morgan fingerprint density at radius 3 is 2.28 bits per heavy atom. The lowest BCUT2D eigenvalue weighted by Crippen LogP contribution is -2.74. The molecule has 8 unspecified atom stereocenters. The van der Waals surface area contributed by atoms with E-state index in [1.807, 2.05) is 33.8 Å². The number of nitrogens with one attached hydrogen (secondary N) is 1. The zero-order chi connectivity index (χ0) is 29.0. The van der Waals surface area contributed by atoms with Crippen LogP contribution < -0.4 is 5.32 Å². The van der Waals surface area contributed by atoms with Gasteiger partial charge in [0.2, 0.25) is 5.91 Å². The van der Waals surface area contributed by atoms with Gasteiger partial charge in [-0.2, -0.15) is 5.26 Å². The van der Waals surface area contributed by atoms with Crippen LogP contribution in [-0.4, -0.2) is 34.7 Å². The number of rotatable bonds is 2. The summed E-state index contributed by atoms with van der Waals surface area (Å²) in [5, 5.41) is 25.8. The third-order valence-electron chi connectivity index (χ3n) is 13.1. The normalized spacial score (nSPS) is 48.3. The summed E-state index contributed by atoms with van der Waals surface area (Å²) in [5.41, 5.74) is -3.95. The number of hydrogen-bond acceptors (Lipinski definition) is 5. The summed E-state index contributed by atoms with van der Waals surface area (Å²) in [4.78, 5) is 40.9. The average molecular weight is 535 g/mol. The maximum atomic E-state index is 14.5. The van der Waals surface area contributed by atoms with Crippen molar-refractivity contribution in [1.29, 1.82) is 5.26 Å². The molecule has 0 bridgehead atoms. The fourth-order valence-electron chi connectivity index (χ4n) is 10.3. The molecule has 5 aliphatic carbocycles. The van der Waals surface area contributed by atoms with Crippen molar-refractivity contribution in [2.45, 2.75) is 106 Å². The number of carbonyl (C=O) groups is 3. The van der Waals surface area contributed by atoms with Crippen molar-refractivity contribution in [2.24, 2.45) is 44.3 Å². The van der Waals surface area contributed by atoms with Crippen LogP contribution in [0.4, 0.5) is 0 Å². The van der Waals surface area contributed by atoms with Crippen molar-refractivity contribution in [2.75, 3.05) is 6.54 Å². The maximum Gasteiger partial charge on any atom is 0.225 e. The lowest BCUT2D eigenvalue weighted by molar-refractivity contribution is -0.242. The lowest BCUT2D eigenvalue weighted by Gasteiger charge is -2.71. The number of Topliss-reactive ketones (excluding diaryl/α,β-unsaturated/α-hetero) is 1. The molecule has 212 valence electrons. The highest BCUT2D eigenvalue weighted by atomic mass is 16.3. The summed E-state index contributed by atoms with van der Waals surface area (Å²) < 4.78 is 0. The highest BCUT2D eigenvalue weighted by Crippen LogP contribution is 2.75.